The first kappa shape index (κ1) is 17.0. The zero-order chi connectivity index (χ0) is 17.5. The van der Waals surface area contributed by atoms with Crippen LogP contribution in [0.25, 0.3) is 0 Å². The van der Waals surface area contributed by atoms with Crippen molar-refractivity contribution >= 4 is 22.2 Å². The fourth-order valence-corrected chi connectivity index (χ4v) is 3.25. The molecular formula is C19H17N3O2S. The average Bonchev–Trinajstić information content (AvgIpc) is 3.27. The van der Waals surface area contributed by atoms with E-state index >= 15 is 0 Å². The molecule has 1 N–H and O–H groups in total. The second-order valence-corrected chi connectivity index (χ2v) is 6.45. The van der Waals surface area contributed by atoms with Gasteiger partial charge in [-0.2, -0.15) is 5.26 Å². The van der Waals surface area contributed by atoms with Crippen molar-refractivity contribution in [3.05, 3.63) is 77.1 Å². The molecule has 0 saturated heterocycles. The number of anilines is 1. The molecule has 0 radical (unpaired) electrons. The molecule has 3 aromatic rings. The molecule has 0 bridgehead atoms. The monoisotopic (exact) mass is 351 g/mol. The van der Waals surface area contributed by atoms with Crippen molar-refractivity contribution in [3.63, 3.8) is 0 Å². The van der Waals surface area contributed by atoms with Gasteiger partial charge in [0.25, 0.3) is 0 Å². The number of rotatable bonds is 7. The number of nitriles is 1. The summed E-state index contributed by atoms with van der Waals surface area (Å²) in [4.78, 5) is 14.4. The van der Waals surface area contributed by atoms with E-state index in [9.17, 15) is 4.79 Å². The van der Waals surface area contributed by atoms with Crippen LogP contribution in [0.4, 0.5) is 5.00 Å². The summed E-state index contributed by atoms with van der Waals surface area (Å²) in [5, 5.41) is 14.3. The van der Waals surface area contributed by atoms with E-state index in [-0.39, 0.29) is 12.5 Å². The number of thiophene rings is 1. The van der Waals surface area contributed by atoms with Crippen LogP contribution in [0, 0.1) is 11.3 Å². The van der Waals surface area contributed by atoms with Crippen LogP contribution in [-0.2, 0) is 17.9 Å². The van der Waals surface area contributed by atoms with Crippen molar-refractivity contribution in [1.82, 2.24) is 4.90 Å². The van der Waals surface area contributed by atoms with E-state index in [4.69, 9.17) is 9.68 Å². The van der Waals surface area contributed by atoms with Gasteiger partial charge in [0.15, 0.2) is 0 Å². The van der Waals surface area contributed by atoms with Crippen molar-refractivity contribution in [3.8, 4) is 6.07 Å². The number of hydrogen-bond donors (Lipinski definition) is 1. The molecule has 0 spiro atoms. The molecule has 0 aliphatic rings. The third-order valence-electron chi connectivity index (χ3n) is 3.61. The zero-order valence-electron chi connectivity index (χ0n) is 13.5. The highest BCUT2D eigenvalue weighted by Crippen LogP contribution is 2.22. The lowest BCUT2D eigenvalue weighted by Gasteiger charge is -2.20. The Morgan fingerprint density at radius 2 is 2.00 bits per heavy atom. The Morgan fingerprint density at radius 1 is 1.16 bits per heavy atom. The van der Waals surface area contributed by atoms with Gasteiger partial charge in [-0.05, 0) is 29.1 Å². The van der Waals surface area contributed by atoms with Crippen molar-refractivity contribution in [2.75, 3.05) is 11.9 Å². The third kappa shape index (κ3) is 4.80. The van der Waals surface area contributed by atoms with Crippen LogP contribution in [-0.4, -0.2) is 17.4 Å². The van der Waals surface area contributed by atoms with Crippen LogP contribution >= 0.6 is 11.3 Å². The lowest BCUT2D eigenvalue weighted by molar-refractivity contribution is -0.117. The first-order valence-corrected chi connectivity index (χ1v) is 8.68. The minimum absolute atomic E-state index is 0.151. The molecule has 0 unspecified atom stereocenters. The summed E-state index contributed by atoms with van der Waals surface area (Å²) >= 11 is 1.35. The summed E-state index contributed by atoms with van der Waals surface area (Å²) in [5.74, 6) is 0.652. The molecule has 0 atom stereocenters. The van der Waals surface area contributed by atoms with Gasteiger partial charge in [0.2, 0.25) is 5.91 Å². The fraction of sp³-hybridized carbons (Fsp3) is 0.158. The van der Waals surface area contributed by atoms with Gasteiger partial charge in [0.1, 0.15) is 16.8 Å². The first-order valence-electron chi connectivity index (χ1n) is 7.80. The Balaban J connectivity index is 1.68. The Hall–Kier alpha value is -2.88. The van der Waals surface area contributed by atoms with Crippen LogP contribution in [0.2, 0.25) is 0 Å². The molecule has 6 heteroatoms. The largest absolute Gasteiger partial charge is 0.468 e. The summed E-state index contributed by atoms with van der Waals surface area (Å²) in [6.45, 7) is 1.37. The molecule has 1 amide bonds. The zero-order valence-corrected chi connectivity index (χ0v) is 14.3. The molecule has 0 aliphatic carbocycles. The lowest BCUT2D eigenvalue weighted by atomic mass is 10.2. The smallest absolute Gasteiger partial charge is 0.239 e. The van der Waals surface area contributed by atoms with Gasteiger partial charge in [0, 0.05) is 6.54 Å². The molecule has 2 heterocycles. The highest BCUT2D eigenvalue weighted by molar-refractivity contribution is 7.14. The van der Waals surface area contributed by atoms with Gasteiger partial charge in [-0.1, -0.05) is 30.3 Å². The van der Waals surface area contributed by atoms with Crippen molar-refractivity contribution < 1.29 is 9.21 Å². The normalized spacial score (nSPS) is 10.6. The number of furan rings is 1. The summed E-state index contributed by atoms with van der Waals surface area (Å²) in [7, 11) is 0. The van der Waals surface area contributed by atoms with E-state index in [2.05, 4.69) is 11.4 Å². The predicted molar refractivity (Wildman–Crippen MR) is 96.9 cm³/mol. The van der Waals surface area contributed by atoms with Crippen molar-refractivity contribution in [2.24, 2.45) is 0 Å². The molecule has 25 heavy (non-hydrogen) atoms. The quantitative estimate of drug-likeness (QED) is 0.702. The lowest BCUT2D eigenvalue weighted by Crippen LogP contribution is -2.32. The molecule has 0 aliphatic heterocycles. The van der Waals surface area contributed by atoms with E-state index in [0.717, 1.165) is 11.3 Å². The molecule has 0 saturated carbocycles. The minimum atomic E-state index is -0.151. The predicted octanol–water partition coefficient (Wildman–Crippen LogP) is 3.85. The van der Waals surface area contributed by atoms with Crippen LogP contribution in [0.1, 0.15) is 16.9 Å². The van der Waals surface area contributed by atoms with Crippen LogP contribution < -0.4 is 5.32 Å². The van der Waals surface area contributed by atoms with Crippen LogP contribution in [0.5, 0.6) is 0 Å². The summed E-state index contributed by atoms with van der Waals surface area (Å²) in [6, 6.07) is 17.5. The maximum absolute atomic E-state index is 12.4. The number of nitrogens with one attached hydrogen (secondary N) is 1. The number of nitrogens with zero attached hydrogens (tertiary/aromatic N) is 2. The summed E-state index contributed by atoms with van der Waals surface area (Å²) in [5.41, 5.74) is 1.61. The topological polar surface area (TPSA) is 69.3 Å². The average molecular weight is 351 g/mol. The Kier molecular flexibility index (Phi) is 5.62. The summed E-state index contributed by atoms with van der Waals surface area (Å²) < 4.78 is 5.41. The summed E-state index contributed by atoms with van der Waals surface area (Å²) in [6.07, 6.45) is 1.63. The van der Waals surface area contributed by atoms with Crippen LogP contribution in [0.3, 0.4) is 0 Å². The highest BCUT2D eigenvalue weighted by Gasteiger charge is 2.15. The van der Waals surface area contributed by atoms with E-state index < -0.39 is 0 Å². The van der Waals surface area contributed by atoms with Gasteiger partial charge in [-0.3, -0.25) is 9.69 Å². The third-order valence-corrected chi connectivity index (χ3v) is 4.44. The SMILES string of the molecule is N#Cc1ccsc1NC(=O)CN(Cc1ccccc1)Cc1ccco1. The van der Waals surface area contributed by atoms with Crippen molar-refractivity contribution in [2.45, 2.75) is 13.1 Å². The number of hydrogen-bond acceptors (Lipinski definition) is 5. The van der Waals surface area contributed by atoms with Crippen molar-refractivity contribution in [1.29, 1.82) is 5.26 Å². The number of carbonyl (C=O) groups excluding carboxylic acids is 1. The van der Waals surface area contributed by atoms with Gasteiger partial charge >= 0.3 is 0 Å². The Bertz CT molecular complexity index is 850. The standard InChI is InChI=1S/C19H17N3O2S/c20-11-16-8-10-25-19(16)21-18(23)14-22(13-17-7-4-9-24-17)12-15-5-2-1-3-6-15/h1-10H,12-14H2,(H,21,23). The van der Waals surface area contributed by atoms with E-state index in [0.29, 0.717) is 23.7 Å². The molecule has 126 valence electrons. The maximum atomic E-state index is 12.4. The molecule has 1 aromatic carbocycles. The van der Waals surface area contributed by atoms with Gasteiger partial charge in [0.05, 0.1) is 24.9 Å². The van der Waals surface area contributed by atoms with E-state index in [1.807, 2.05) is 47.4 Å². The molecule has 5 nitrogen and oxygen atoms in total. The molecule has 0 fully saturated rings. The van der Waals surface area contributed by atoms with Crippen LogP contribution in [0.15, 0.2) is 64.6 Å². The van der Waals surface area contributed by atoms with Gasteiger partial charge < -0.3 is 9.73 Å². The fourth-order valence-electron chi connectivity index (χ4n) is 2.50. The molecule has 3 rings (SSSR count). The number of benzene rings is 1. The first-order chi connectivity index (χ1) is 12.2. The number of amides is 1. The molecule has 2 aromatic heterocycles. The Morgan fingerprint density at radius 3 is 2.72 bits per heavy atom. The number of carbonyl (C=O) groups is 1. The van der Waals surface area contributed by atoms with Gasteiger partial charge in [-0.25, -0.2) is 0 Å². The van der Waals surface area contributed by atoms with E-state index in [1.165, 1.54) is 11.3 Å². The highest BCUT2D eigenvalue weighted by atomic mass is 32.1. The maximum Gasteiger partial charge on any atom is 0.239 e. The molecular weight excluding hydrogens is 334 g/mol. The Labute approximate surface area is 150 Å². The minimum Gasteiger partial charge on any atom is -0.468 e. The van der Waals surface area contributed by atoms with E-state index in [1.54, 1.807) is 17.7 Å². The second kappa shape index (κ2) is 8.29. The second-order valence-electron chi connectivity index (χ2n) is 5.53. The van der Waals surface area contributed by atoms with Gasteiger partial charge in [-0.15, -0.1) is 11.3 Å².